The van der Waals surface area contributed by atoms with Gasteiger partial charge < -0.3 is 15.1 Å². The second-order valence-corrected chi connectivity index (χ2v) is 5.96. The van der Waals surface area contributed by atoms with Gasteiger partial charge in [0.25, 0.3) is 0 Å². The minimum absolute atomic E-state index is 0.217. The molecule has 0 aliphatic carbocycles. The lowest BCUT2D eigenvalue weighted by Crippen LogP contribution is -2.38. The van der Waals surface area contributed by atoms with Gasteiger partial charge in [-0.15, -0.1) is 0 Å². The highest BCUT2D eigenvalue weighted by atomic mass is 16.2. The predicted molar refractivity (Wildman–Crippen MR) is 88.2 cm³/mol. The van der Waals surface area contributed by atoms with Crippen LogP contribution in [0, 0.1) is 0 Å². The molecule has 1 amide bonds. The Hall–Kier alpha value is -1.39. The van der Waals surface area contributed by atoms with Crippen LogP contribution in [0.25, 0.3) is 0 Å². The molecule has 0 saturated carbocycles. The Balaban J connectivity index is 2.56. The lowest BCUT2D eigenvalue weighted by atomic mass is 10.2. The second kappa shape index (κ2) is 9.53. The van der Waals surface area contributed by atoms with E-state index in [0.29, 0.717) is 19.0 Å². The number of carbonyl (C=O) groups is 1. The summed E-state index contributed by atoms with van der Waals surface area (Å²) < 4.78 is 0. The third-order valence-electron chi connectivity index (χ3n) is 3.28. The normalized spacial score (nSPS) is 11.1. The molecule has 0 aliphatic rings. The lowest BCUT2D eigenvalue weighted by molar-refractivity contribution is -0.131. The molecule has 1 rings (SSSR count). The van der Waals surface area contributed by atoms with Crippen LogP contribution in [0.5, 0.6) is 0 Å². The largest absolute Gasteiger partial charge is 0.337 e. The van der Waals surface area contributed by atoms with Crippen molar-refractivity contribution in [2.24, 2.45) is 0 Å². The van der Waals surface area contributed by atoms with Crippen molar-refractivity contribution in [3.8, 4) is 0 Å². The number of hydrogen-bond acceptors (Lipinski definition) is 3. The Morgan fingerprint density at radius 2 is 1.81 bits per heavy atom. The van der Waals surface area contributed by atoms with Crippen LogP contribution in [0.4, 0.5) is 0 Å². The van der Waals surface area contributed by atoms with E-state index in [2.05, 4.69) is 36.2 Å². The summed E-state index contributed by atoms with van der Waals surface area (Å²) in [5.41, 5.74) is 1.18. The zero-order chi connectivity index (χ0) is 15.7. The van der Waals surface area contributed by atoms with Crippen molar-refractivity contribution in [1.82, 2.24) is 15.1 Å². The molecule has 0 fully saturated rings. The maximum absolute atomic E-state index is 12.4. The maximum Gasteiger partial charge on any atom is 0.224 e. The van der Waals surface area contributed by atoms with Crippen molar-refractivity contribution in [1.29, 1.82) is 0 Å². The summed E-state index contributed by atoms with van der Waals surface area (Å²) in [6.07, 6.45) is 0.554. The van der Waals surface area contributed by atoms with Crippen molar-refractivity contribution < 1.29 is 4.79 Å². The Bertz CT molecular complexity index is 404. The fourth-order valence-electron chi connectivity index (χ4n) is 2.04. The lowest BCUT2D eigenvalue weighted by Gasteiger charge is -2.25. The molecule has 0 radical (unpaired) electrons. The van der Waals surface area contributed by atoms with Gasteiger partial charge >= 0.3 is 0 Å². The van der Waals surface area contributed by atoms with Crippen LogP contribution >= 0.6 is 0 Å². The Morgan fingerprint density at radius 1 is 1.14 bits per heavy atom. The first-order valence-electron chi connectivity index (χ1n) is 7.69. The van der Waals surface area contributed by atoms with Gasteiger partial charge in [0.2, 0.25) is 5.91 Å². The highest BCUT2D eigenvalue weighted by molar-refractivity contribution is 5.76. The molecule has 1 aromatic carbocycles. The first-order valence-corrected chi connectivity index (χ1v) is 7.69. The van der Waals surface area contributed by atoms with Gasteiger partial charge in [-0.3, -0.25) is 4.79 Å². The zero-order valence-electron chi connectivity index (χ0n) is 13.8. The van der Waals surface area contributed by atoms with Crippen molar-refractivity contribution in [3.63, 3.8) is 0 Å². The van der Waals surface area contributed by atoms with Crippen LogP contribution in [0.3, 0.4) is 0 Å². The Morgan fingerprint density at radius 3 is 2.38 bits per heavy atom. The summed E-state index contributed by atoms with van der Waals surface area (Å²) in [5.74, 6) is 0.217. The van der Waals surface area contributed by atoms with Crippen molar-refractivity contribution in [3.05, 3.63) is 35.9 Å². The topological polar surface area (TPSA) is 35.6 Å². The number of nitrogens with one attached hydrogen (secondary N) is 1. The first kappa shape index (κ1) is 17.7. The molecular formula is C17H29N3O. The molecular weight excluding hydrogens is 262 g/mol. The highest BCUT2D eigenvalue weighted by Gasteiger charge is 2.14. The molecule has 4 heteroatoms. The minimum atomic E-state index is 0.217. The molecule has 0 aliphatic heterocycles. The van der Waals surface area contributed by atoms with Gasteiger partial charge in [-0.2, -0.15) is 0 Å². The van der Waals surface area contributed by atoms with Crippen LogP contribution in [-0.2, 0) is 11.3 Å². The van der Waals surface area contributed by atoms with Gasteiger partial charge in [0.15, 0.2) is 0 Å². The average molecular weight is 291 g/mol. The number of hydrogen-bond donors (Lipinski definition) is 1. The van der Waals surface area contributed by atoms with E-state index in [1.807, 2.05) is 37.2 Å². The molecule has 118 valence electrons. The number of rotatable bonds is 9. The van der Waals surface area contributed by atoms with Gasteiger partial charge in [0.1, 0.15) is 0 Å². The molecule has 0 saturated heterocycles. The van der Waals surface area contributed by atoms with E-state index in [1.165, 1.54) is 5.56 Å². The van der Waals surface area contributed by atoms with Crippen LogP contribution < -0.4 is 5.32 Å². The number of likely N-dealkylation sites (N-methyl/N-ethyl adjacent to an activating group) is 1. The molecule has 1 aromatic rings. The number of amides is 1. The number of benzene rings is 1. The second-order valence-electron chi connectivity index (χ2n) is 5.96. The van der Waals surface area contributed by atoms with Crippen molar-refractivity contribution in [2.45, 2.75) is 32.9 Å². The van der Waals surface area contributed by atoms with E-state index < -0.39 is 0 Å². The first-order chi connectivity index (χ1) is 9.99. The summed E-state index contributed by atoms with van der Waals surface area (Å²) in [7, 11) is 4.07. The fourth-order valence-corrected chi connectivity index (χ4v) is 2.04. The summed E-state index contributed by atoms with van der Waals surface area (Å²) in [6, 6.07) is 10.6. The quantitative estimate of drug-likeness (QED) is 0.755. The molecule has 1 N–H and O–H groups in total. The van der Waals surface area contributed by atoms with E-state index >= 15 is 0 Å². The summed E-state index contributed by atoms with van der Waals surface area (Å²) in [4.78, 5) is 16.5. The minimum Gasteiger partial charge on any atom is -0.337 e. The summed E-state index contributed by atoms with van der Waals surface area (Å²) >= 11 is 0. The van der Waals surface area contributed by atoms with Crippen LogP contribution in [-0.4, -0.2) is 55.5 Å². The van der Waals surface area contributed by atoms with Crippen LogP contribution in [0.1, 0.15) is 25.8 Å². The van der Waals surface area contributed by atoms with E-state index in [9.17, 15) is 4.79 Å². The van der Waals surface area contributed by atoms with Crippen molar-refractivity contribution >= 4 is 5.91 Å². The summed E-state index contributed by atoms with van der Waals surface area (Å²) in [6.45, 7) is 7.27. The number of nitrogens with zero attached hydrogens (tertiary/aromatic N) is 2. The van der Waals surface area contributed by atoms with E-state index in [1.54, 1.807) is 0 Å². The maximum atomic E-state index is 12.4. The SMILES string of the molecule is CC(C)NCCC(=O)N(CCN(C)C)Cc1ccccc1. The average Bonchev–Trinajstić information content (AvgIpc) is 2.43. The highest BCUT2D eigenvalue weighted by Crippen LogP contribution is 2.06. The fraction of sp³-hybridized carbons (Fsp3) is 0.588. The van der Waals surface area contributed by atoms with E-state index in [0.717, 1.165) is 19.6 Å². The standard InChI is InChI=1S/C17H29N3O/c1-15(2)18-11-10-17(21)20(13-12-19(3)4)14-16-8-6-5-7-9-16/h5-9,15,18H,10-14H2,1-4H3. The molecule has 0 heterocycles. The van der Waals surface area contributed by atoms with Crippen molar-refractivity contribution in [2.75, 3.05) is 33.7 Å². The molecule has 0 unspecified atom stereocenters. The third-order valence-corrected chi connectivity index (χ3v) is 3.28. The number of carbonyl (C=O) groups excluding carboxylic acids is 1. The van der Waals surface area contributed by atoms with Gasteiger partial charge in [-0.25, -0.2) is 0 Å². The molecule has 21 heavy (non-hydrogen) atoms. The predicted octanol–water partition coefficient (Wildman–Crippen LogP) is 1.96. The van der Waals surface area contributed by atoms with Gasteiger partial charge in [-0.05, 0) is 19.7 Å². The van der Waals surface area contributed by atoms with Gasteiger partial charge in [-0.1, -0.05) is 44.2 Å². The molecule has 0 atom stereocenters. The Labute approximate surface area is 129 Å². The molecule has 0 aromatic heterocycles. The van der Waals surface area contributed by atoms with Gasteiger partial charge in [0, 0.05) is 38.6 Å². The Kier molecular flexibility index (Phi) is 8.01. The third kappa shape index (κ3) is 7.83. The van der Waals surface area contributed by atoms with E-state index in [-0.39, 0.29) is 5.91 Å². The monoisotopic (exact) mass is 291 g/mol. The van der Waals surface area contributed by atoms with Gasteiger partial charge in [0.05, 0.1) is 0 Å². The zero-order valence-corrected chi connectivity index (χ0v) is 13.8. The van der Waals surface area contributed by atoms with Crippen LogP contribution in [0.2, 0.25) is 0 Å². The molecule has 0 bridgehead atoms. The molecule has 4 nitrogen and oxygen atoms in total. The van der Waals surface area contributed by atoms with E-state index in [4.69, 9.17) is 0 Å². The molecule has 0 spiro atoms. The van der Waals surface area contributed by atoms with Crippen LogP contribution in [0.15, 0.2) is 30.3 Å². The smallest absolute Gasteiger partial charge is 0.224 e. The summed E-state index contributed by atoms with van der Waals surface area (Å²) in [5, 5.41) is 3.30.